The number of fused-ring (bicyclic) bond motifs is 1. The second-order valence-electron chi connectivity index (χ2n) is 7.69. The lowest BCUT2D eigenvalue weighted by molar-refractivity contribution is -0.223. The lowest BCUT2D eigenvalue weighted by Gasteiger charge is -2.49. The van der Waals surface area contributed by atoms with Gasteiger partial charge in [-0.05, 0) is 12.1 Å². The van der Waals surface area contributed by atoms with E-state index < -0.39 is 54.4 Å². The first-order valence-electron chi connectivity index (χ1n) is 10.5. The molecule has 1 amide bonds. The molecule has 0 radical (unpaired) electrons. The van der Waals surface area contributed by atoms with Gasteiger partial charge in [0, 0.05) is 33.9 Å². The maximum Gasteiger partial charge on any atom is 0.303 e. The molecule has 1 saturated heterocycles. The number of amides is 1. The van der Waals surface area contributed by atoms with Crippen LogP contribution in [0.5, 0.6) is 0 Å². The Bertz CT molecular complexity index is 949. The van der Waals surface area contributed by atoms with Crippen LogP contribution < -0.4 is 10.2 Å². The second kappa shape index (κ2) is 10.4. The van der Waals surface area contributed by atoms with Crippen molar-refractivity contribution in [2.45, 2.75) is 58.3 Å². The zero-order valence-corrected chi connectivity index (χ0v) is 18.8. The third-order valence-corrected chi connectivity index (χ3v) is 5.10. The SMILES string of the molecule is CC(=O)N[C@@H]1[C@@H](OC(C)=O)[C@H](OC(C)=O)[C@@H](COC(C)=O)O[C@H]1N1CC=Nc2ccccc21. The van der Waals surface area contributed by atoms with Crippen LogP contribution in [0.2, 0.25) is 0 Å². The number of para-hydroxylation sites is 2. The van der Waals surface area contributed by atoms with Crippen LogP contribution in [0.15, 0.2) is 29.3 Å². The molecule has 1 fully saturated rings. The standard InChI is InChI=1S/C22H27N3O8/c1-12(26)24-19-21(32-15(4)29)20(31-14(3)28)18(11-30-13(2)27)33-22(19)25-10-9-23-16-7-5-6-8-17(16)25/h5-9,18-22H,10-11H2,1-4H3,(H,24,26)/t18-,19-,20-,21-,22-/m1/s1. The predicted octanol–water partition coefficient (Wildman–Crippen LogP) is 0.865. The van der Waals surface area contributed by atoms with Crippen LogP contribution in [0.3, 0.4) is 0 Å². The Kier molecular flexibility index (Phi) is 7.64. The third kappa shape index (κ3) is 5.86. The average Bonchev–Trinajstić information content (AvgIpc) is 2.74. The topological polar surface area (TPSA) is 133 Å². The molecule has 11 heteroatoms. The van der Waals surface area contributed by atoms with Gasteiger partial charge in [-0.3, -0.25) is 24.2 Å². The van der Waals surface area contributed by atoms with Crippen molar-refractivity contribution in [1.29, 1.82) is 0 Å². The number of carbonyl (C=O) groups is 4. The van der Waals surface area contributed by atoms with Crippen molar-refractivity contribution < 1.29 is 38.1 Å². The molecule has 2 heterocycles. The number of carbonyl (C=O) groups excluding carboxylic acids is 4. The Hall–Kier alpha value is -3.47. The predicted molar refractivity (Wildman–Crippen MR) is 116 cm³/mol. The summed E-state index contributed by atoms with van der Waals surface area (Å²) in [5, 5.41) is 2.78. The molecule has 33 heavy (non-hydrogen) atoms. The van der Waals surface area contributed by atoms with E-state index in [0.717, 1.165) is 5.69 Å². The molecule has 178 valence electrons. The van der Waals surface area contributed by atoms with E-state index in [9.17, 15) is 19.2 Å². The summed E-state index contributed by atoms with van der Waals surface area (Å²) >= 11 is 0. The van der Waals surface area contributed by atoms with E-state index in [-0.39, 0.29) is 6.61 Å². The van der Waals surface area contributed by atoms with E-state index in [0.29, 0.717) is 12.2 Å². The van der Waals surface area contributed by atoms with Crippen molar-refractivity contribution in [1.82, 2.24) is 5.32 Å². The third-order valence-electron chi connectivity index (χ3n) is 5.10. The van der Waals surface area contributed by atoms with E-state index in [1.807, 2.05) is 29.2 Å². The molecular weight excluding hydrogens is 434 g/mol. The van der Waals surface area contributed by atoms with Gasteiger partial charge < -0.3 is 29.2 Å². The maximum absolute atomic E-state index is 12.1. The summed E-state index contributed by atoms with van der Waals surface area (Å²) in [5.74, 6) is -2.24. The first-order chi connectivity index (χ1) is 15.7. The molecule has 2 aliphatic heterocycles. The van der Waals surface area contributed by atoms with Crippen molar-refractivity contribution in [3.05, 3.63) is 24.3 Å². The highest BCUT2D eigenvalue weighted by Crippen LogP contribution is 2.36. The number of benzene rings is 1. The quantitative estimate of drug-likeness (QED) is 0.484. The molecular formula is C22H27N3O8. The van der Waals surface area contributed by atoms with Gasteiger partial charge in [-0.2, -0.15) is 0 Å². The van der Waals surface area contributed by atoms with Gasteiger partial charge in [0.05, 0.1) is 17.9 Å². The number of nitrogens with one attached hydrogen (secondary N) is 1. The first-order valence-corrected chi connectivity index (χ1v) is 10.5. The van der Waals surface area contributed by atoms with Gasteiger partial charge >= 0.3 is 17.9 Å². The lowest BCUT2D eigenvalue weighted by atomic mass is 9.94. The Morgan fingerprint density at radius 2 is 1.70 bits per heavy atom. The van der Waals surface area contributed by atoms with Crippen LogP contribution in [0.4, 0.5) is 11.4 Å². The fraction of sp³-hybridized carbons (Fsp3) is 0.500. The van der Waals surface area contributed by atoms with Crippen LogP contribution in [0, 0.1) is 0 Å². The highest BCUT2D eigenvalue weighted by Gasteiger charge is 2.52. The van der Waals surface area contributed by atoms with Crippen LogP contribution in [0.1, 0.15) is 27.7 Å². The monoisotopic (exact) mass is 461 g/mol. The molecule has 0 unspecified atom stereocenters. The fourth-order valence-electron chi connectivity index (χ4n) is 3.96. The van der Waals surface area contributed by atoms with Gasteiger partial charge in [0.25, 0.3) is 0 Å². The van der Waals surface area contributed by atoms with Gasteiger partial charge in [0.1, 0.15) is 18.8 Å². The molecule has 11 nitrogen and oxygen atoms in total. The minimum Gasteiger partial charge on any atom is -0.463 e. The van der Waals surface area contributed by atoms with Crippen LogP contribution >= 0.6 is 0 Å². The summed E-state index contributed by atoms with van der Waals surface area (Å²) in [6.45, 7) is 5.05. The fourth-order valence-corrected chi connectivity index (χ4v) is 3.96. The molecule has 3 rings (SSSR count). The van der Waals surface area contributed by atoms with E-state index in [4.69, 9.17) is 18.9 Å². The Labute approximate surface area is 191 Å². The van der Waals surface area contributed by atoms with E-state index in [1.54, 1.807) is 6.21 Å². The average molecular weight is 461 g/mol. The molecule has 2 aliphatic rings. The summed E-state index contributed by atoms with van der Waals surface area (Å²) in [6, 6.07) is 6.44. The smallest absolute Gasteiger partial charge is 0.303 e. The summed E-state index contributed by atoms with van der Waals surface area (Å²) in [7, 11) is 0. The van der Waals surface area contributed by atoms with Gasteiger partial charge in [0.15, 0.2) is 18.4 Å². The number of anilines is 1. The number of rotatable bonds is 6. The molecule has 1 aromatic rings. The number of hydrogen-bond acceptors (Lipinski definition) is 10. The molecule has 0 spiro atoms. The number of nitrogens with zero attached hydrogens (tertiary/aromatic N) is 2. The number of hydrogen-bond donors (Lipinski definition) is 1. The van der Waals surface area contributed by atoms with Gasteiger partial charge in [-0.25, -0.2) is 0 Å². The highest BCUT2D eigenvalue weighted by molar-refractivity contribution is 5.82. The molecule has 5 atom stereocenters. The van der Waals surface area contributed by atoms with Crippen LogP contribution in [-0.4, -0.2) is 73.8 Å². The van der Waals surface area contributed by atoms with Crippen molar-refractivity contribution in [2.75, 3.05) is 18.1 Å². The van der Waals surface area contributed by atoms with Crippen LogP contribution in [0.25, 0.3) is 0 Å². The molecule has 0 saturated carbocycles. The minimum absolute atomic E-state index is 0.252. The maximum atomic E-state index is 12.1. The first kappa shape index (κ1) is 24.2. The largest absolute Gasteiger partial charge is 0.463 e. The number of ether oxygens (including phenoxy) is 4. The molecule has 0 bridgehead atoms. The number of aliphatic imine (C=N–C) groups is 1. The second-order valence-corrected chi connectivity index (χ2v) is 7.69. The normalized spacial score (nSPS) is 26.1. The van der Waals surface area contributed by atoms with Crippen molar-refractivity contribution in [3.8, 4) is 0 Å². The van der Waals surface area contributed by atoms with Crippen molar-refractivity contribution in [2.24, 2.45) is 4.99 Å². The van der Waals surface area contributed by atoms with E-state index in [2.05, 4.69) is 10.3 Å². The van der Waals surface area contributed by atoms with E-state index >= 15 is 0 Å². The highest BCUT2D eigenvalue weighted by atomic mass is 16.6. The molecule has 1 N–H and O–H groups in total. The summed E-state index contributed by atoms with van der Waals surface area (Å²) in [6.07, 6.45) is -2.38. The zero-order valence-electron chi connectivity index (χ0n) is 18.8. The Morgan fingerprint density at radius 3 is 2.33 bits per heavy atom. The van der Waals surface area contributed by atoms with Gasteiger partial charge in [-0.1, -0.05) is 12.1 Å². The summed E-state index contributed by atoms with van der Waals surface area (Å²) in [5.41, 5.74) is 1.43. The van der Waals surface area contributed by atoms with Gasteiger partial charge in [-0.15, -0.1) is 0 Å². The minimum atomic E-state index is -1.13. The zero-order chi connectivity index (χ0) is 24.1. The summed E-state index contributed by atoms with van der Waals surface area (Å²) in [4.78, 5) is 53.7. The lowest BCUT2D eigenvalue weighted by Crippen LogP contribution is -2.70. The van der Waals surface area contributed by atoms with Crippen molar-refractivity contribution >= 4 is 41.4 Å². The Balaban J connectivity index is 2.06. The molecule has 0 aromatic heterocycles. The van der Waals surface area contributed by atoms with E-state index in [1.165, 1.54) is 27.7 Å². The van der Waals surface area contributed by atoms with Crippen LogP contribution in [-0.2, 0) is 38.1 Å². The number of esters is 3. The molecule has 1 aromatic carbocycles. The van der Waals surface area contributed by atoms with Crippen molar-refractivity contribution in [3.63, 3.8) is 0 Å². The molecule has 0 aliphatic carbocycles. The van der Waals surface area contributed by atoms with Gasteiger partial charge in [0.2, 0.25) is 5.91 Å². The Morgan fingerprint density at radius 1 is 1.03 bits per heavy atom. The summed E-state index contributed by atoms with van der Waals surface area (Å²) < 4.78 is 22.4.